The summed E-state index contributed by atoms with van der Waals surface area (Å²) in [6.45, 7) is -0.0369. The van der Waals surface area contributed by atoms with E-state index in [-0.39, 0.29) is 24.9 Å². The van der Waals surface area contributed by atoms with Gasteiger partial charge in [-0.3, -0.25) is 4.79 Å². The van der Waals surface area contributed by atoms with Gasteiger partial charge in [-0.1, -0.05) is 35.0 Å². The van der Waals surface area contributed by atoms with E-state index < -0.39 is 0 Å². The minimum absolute atomic E-state index is 0.0369. The summed E-state index contributed by atoms with van der Waals surface area (Å²) in [6.07, 6.45) is 0.170. The molecule has 0 atom stereocenters. The number of hydrogen-bond acceptors (Lipinski definition) is 6. The van der Waals surface area contributed by atoms with Gasteiger partial charge in [0.05, 0.1) is 11.3 Å². The molecule has 0 aliphatic carbocycles. The van der Waals surface area contributed by atoms with Gasteiger partial charge in [-0.05, 0) is 29.1 Å². The molecule has 0 saturated carbocycles. The average Bonchev–Trinajstić information content (AvgIpc) is 3.18. The number of carbonyl (C=O) groups excluding carboxylic acids is 1. The molecular weight excluding hydrogens is 324 g/mol. The molecule has 7 heteroatoms. The summed E-state index contributed by atoms with van der Waals surface area (Å²) in [7, 11) is 0. The maximum Gasteiger partial charge on any atom is 0.310 e. The summed E-state index contributed by atoms with van der Waals surface area (Å²) in [5.41, 5.74) is 0.833. The number of esters is 1. The van der Waals surface area contributed by atoms with E-state index in [0.29, 0.717) is 10.8 Å². The van der Waals surface area contributed by atoms with Crippen LogP contribution in [-0.2, 0) is 22.6 Å². The van der Waals surface area contributed by atoms with E-state index in [4.69, 9.17) is 20.9 Å². The quantitative estimate of drug-likeness (QED) is 0.665. The lowest BCUT2D eigenvalue weighted by atomic mass is 10.2. The van der Waals surface area contributed by atoms with Crippen molar-refractivity contribution in [1.29, 1.82) is 0 Å². The summed E-state index contributed by atoms with van der Waals surface area (Å²) in [4.78, 5) is 16.8. The highest BCUT2D eigenvalue weighted by Gasteiger charge is 2.12. The maximum absolute atomic E-state index is 11.8. The van der Waals surface area contributed by atoms with Crippen LogP contribution < -0.4 is 0 Å². The Bertz CT molecular complexity index is 753. The summed E-state index contributed by atoms with van der Waals surface area (Å²) in [5, 5.41) is 6.41. The van der Waals surface area contributed by atoms with Gasteiger partial charge in [-0.2, -0.15) is 4.98 Å². The Morgan fingerprint density at radius 2 is 2.09 bits per heavy atom. The molecular formula is C15H11ClN2O3S. The van der Waals surface area contributed by atoms with Crippen LogP contribution in [0.4, 0.5) is 0 Å². The predicted molar refractivity (Wildman–Crippen MR) is 82.6 cm³/mol. The van der Waals surface area contributed by atoms with Gasteiger partial charge in [0.15, 0.2) is 6.61 Å². The number of benzene rings is 1. The molecule has 0 bridgehead atoms. The lowest BCUT2D eigenvalue weighted by molar-refractivity contribution is -0.144. The highest BCUT2D eigenvalue weighted by atomic mass is 35.5. The standard InChI is InChI=1S/C15H11ClN2O3S/c16-11-5-3-10(4-6-11)8-14(19)20-9-13-17-15(18-21-13)12-2-1-7-22-12/h1-7H,8-9H2. The first kappa shape index (κ1) is 14.7. The van der Waals surface area contributed by atoms with Crippen LogP contribution in [0, 0.1) is 0 Å². The average molecular weight is 335 g/mol. The molecule has 0 aliphatic heterocycles. The Balaban J connectivity index is 1.54. The van der Waals surface area contributed by atoms with Crippen molar-refractivity contribution in [1.82, 2.24) is 10.1 Å². The molecule has 0 spiro atoms. The third-order valence-corrected chi connectivity index (χ3v) is 3.95. The van der Waals surface area contributed by atoms with Gasteiger partial charge < -0.3 is 9.26 Å². The molecule has 22 heavy (non-hydrogen) atoms. The fraction of sp³-hybridized carbons (Fsp3) is 0.133. The second-order valence-electron chi connectivity index (χ2n) is 4.45. The van der Waals surface area contributed by atoms with Crippen molar-refractivity contribution in [3.05, 3.63) is 58.3 Å². The van der Waals surface area contributed by atoms with Crippen LogP contribution in [0.5, 0.6) is 0 Å². The van der Waals surface area contributed by atoms with E-state index in [0.717, 1.165) is 10.4 Å². The lowest BCUT2D eigenvalue weighted by Gasteiger charge is -2.02. The third kappa shape index (κ3) is 3.72. The monoisotopic (exact) mass is 334 g/mol. The number of nitrogens with zero attached hydrogens (tertiary/aromatic N) is 2. The Kier molecular flexibility index (Phi) is 4.50. The van der Waals surface area contributed by atoms with E-state index in [1.165, 1.54) is 11.3 Å². The van der Waals surface area contributed by atoms with Crippen LogP contribution in [0.3, 0.4) is 0 Å². The van der Waals surface area contributed by atoms with Crippen molar-refractivity contribution in [2.24, 2.45) is 0 Å². The Morgan fingerprint density at radius 3 is 2.82 bits per heavy atom. The first-order valence-corrected chi connectivity index (χ1v) is 7.73. The summed E-state index contributed by atoms with van der Waals surface area (Å²) in [6, 6.07) is 10.8. The van der Waals surface area contributed by atoms with Gasteiger partial charge in [-0.25, -0.2) is 0 Å². The number of thiophene rings is 1. The number of carbonyl (C=O) groups is 1. The van der Waals surface area contributed by atoms with E-state index >= 15 is 0 Å². The third-order valence-electron chi connectivity index (χ3n) is 2.83. The van der Waals surface area contributed by atoms with Crippen LogP contribution in [0.2, 0.25) is 5.02 Å². The van der Waals surface area contributed by atoms with Crippen LogP contribution >= 0.6 is 22.9 Å². The summed E-state index contributed by atoms with van der Waals surface area (Å²) < 4.78 is 10.2. The molecule has 5 nitrogen and oxygen atoms in total. The molecule has 1 aromatic carbocycles. The number of hydrogen-bond donors (Lipinski definition) is 0. The first-order valence-electron chi connectivity index (χ1n) is 6.47. The molecule has 0 fully saturated rings. The molecule has 0 N–H and O–H groups in total. The fourth-order valence-electron chi connectivity index (χ4n) is 1.78. The number of halogens is 1. The smallest absolute Gasteiger partial charge is 0.310 e. The van der Waals surface area contributed by atoms with Crippen molar-refractivity contribution in [3.63, 3.8) is 0 Å². The van der Waals surface area contributed by atoms with Gasteiger partial charge in [0.25, 0.3) is 5.89 Å². The highest BCUT2D eigenvalue weighted by molar-refractivity contribution is 7.13. The topological polar surface area (TPSA) is 65.2 Å². The SMILES string of the molecule is O=C(Cc1ccc(Cl)cc1)OCc1nc(-c2cccs2)no1. The van der Waals surface area contributed by atoms with E-state index in [9.17, 15) is 4.79 Å². The molecule has 2 heterocycles. The van der Waals surface area contributed by atoms with Gasteiger partial charge >= 0.3 is 5.97 Å². The Morgan fingerprint density at radius 1 is 1.27 bits per heavy atom. The minimum Gasteiger partial charge on any atom is -0.455 e. The van der Waals surface area contributed by atoms with Crippen molar-refractivity contribution in [3.8, 4) is 10.7 Å². The van der Waals surface area contributed by atoms with Gasteiger partial charge in [0, 0.05) is 5.02 Å². The second kappa shape index (κ2) is 6.72. The Hall–Kier alpha value is -2.18. The highest BCUT2D eigenvalue weighted by Crippen LogP contribution is 2.21. The summed E-state index contributed by atoms with van der Waals surface area (Å²) >= 11 is 7.30. The number of aromatic nitrogens is 2. The van der Waals surface area contributed by atoms with Crippen molar-refractivity contribution in [2.45, 2.75) is 13.0 Å². The summed E-state index contributed by atoms with van der Waals surface area (Å²) in [5.74, 6) is 0.407. The van der Waals surface area contributed by atoms with Crippen molar-refractivity contribution in [2.75, 3.05) is 0 Å². The molecule has 112 valence electrons. The molecule has 0 saturated heterocycles. The number of rotatable bonds is 5. The largest absolute Gasteiger partial charge is 0.455 e. The van der Waals surface area contributed by atoms with Gasteiger partial charge in [0.2, 0.25) is 5.82 Å². The first-order chi connectivity index (χ1) is 10.7. The zero-order chi connectivity index (χ0) is 15.4. The number of ether oxygens (including phenoxy) is 1. The zero-order valence-corrected chi connectivity index (χ0v) is 12.9. The molecule has 0 unspecified atom stereocenters. The van der Waals surface area contributed by atoms with Crippen LogP contribution in [0.15, 0.2) is 46.3 Å². The molecule has 0 radical (unpaired) electrons. The second-order valence-corrected chi connectivity index (χ2v) is 5.84. The van der Waals surface area contributed by atoms with Crippen molar-refractivity contribution >= 4 is 28.9 Å². The molecule has 2 aromatic heterocycles. The normalized spacial score (nSPS) is 10.6. The Labute approximate surface area is 135 Å². The molecule has 3 rings (SSSR count). The maximum atomic E-state index is 11.8. The van der Waals surface area contributed by atoms with Crippen LogP contribution in [0.25, 0.3) is 10.7 Å². The molecule has 0 aliphatic rings. The van der Waals surface area contributed by atoms with E-state index in [1.807, 2.05) is 17.5 Å². The minimum atomic E-state index is -0.363. The van der Waals surface area contributed by atoms with Crippen molar-refractivity contribution < 1.29 is 14.1 Å². The predicted octanol–water partition coefficient (Wildman–Crippen LogP) is 3.74. The van der Waals surface area contributed by atoms with E-state index in [2.05, 4.69) is 10.1 Å². The van der Waals surface area contributed by atoms with Gasteiger partial charge in [0.1, 0.15) is 0 Å². The molecule has 3 aromatic rings. The van der Waals surface area contributed by atoms with Crippen LogP contribution in [-0.4, -0.2) is 16.1 Å². The van der Waals surface area contributed by atoms with Crippen LogP contribution in [0.1, 0.15) is 11.5 Å². The molecule has 0 amide bonds. The fourth-order valence-corrected chi connectivity index (χ4v) is 2.56. The van der Waals surface area contributed by atoms with Gasteiger partial charge in [-0.15, -0.1) is 11.3 Å². The lowest BCUT2D eigenvalue weighted by Crippen LogP contribution is -2.08. The zero-order valence-electron chi connectivity index (χ0n) is 11.4. The van der Waals surface area contributed by atoms with E-state index in [1.54, 1.807) is 24.3 Å².